The highest BCUT2D eigenvalue weighted by molar-refractivity contribution is 5.77. The zero-order chi connectivity index (χ0) is 15.4. The van der Waals surface area contributed by atoms with Gasteiger partial charge in [0.05, 0.1) is 5.92 Å². The molecule has 0 aliphatic carbocycles. The first-order valence-electron chi connectivity index (χ1n) is 7.02. The van der Waals surface area contributed by atoms with E-state index in [1.165, 1.54) is 4.90 Å². The van der Waals surface area contributed by atoms with Crippen molar-refractivity contribution in [3.8, 4) is 5.75 Å². The van der Waals surface area contributed by atoms with Crippen molar-refractivity contribution in [1.82, 2.24) is 10.2 Å². The fourth-order valence-electron chi connectivity index (χ4n) is 2.54. The lowest BCUT2D eigenvalue weighted by Crippen LogP contribution is -2.43. The van der Waals surface area contributed by atoms with Crippen molar-refractivity contribution in [3.05, 3.63) is 29.8 Å². The summed E-state index contributed by atoms with van der Waals surface area (Å²) < 4.78 is 0. The zero-order valence-corrected chi connectivity index (χ0v) is 12.0. The molecule has 1 aliphatic heterocycles. The number of amides is 2. The molecule has 6 nitrogen and oxygen atoms in total. The lowest BCUT2D eigenvalue weighted by atomic mass is 10.1. The Morgan fingerprint density at radius 1 is 1.48 bits per heavy atom. The molecule has 6 heteroatoms. The van der Waals surface area contributed by atoms with Crippen LogP contribution < -0.4 is 5.32 Å². The van der Waals surface area contributed by atoms with E-state index in [0.717, 1.165) is 5.56 Å². The summed E-state index contributed by atoms with van der Waals surface area (Å²) in [6.45, 7) is 2.62. The van der Waals surface area contributed by atoms with E-state index >= 15 is 0 Å². The van der Waals surface area contributed by atoms with Gasteiger partial charge in [0.1, 0.15) is 5.75 Å². The second kappa shape index (κ2) is 6.47. The number of carboxylic acids is 1. The summed E-state index contributed by atoms with van der Waals surface area (Å²) >= 11 is 0. The summed E-state index contributed by atoms with van der Waals surface area (Å²) in [6.07, 6.45) is 1.11. The minimum absolute atomic E-state index is 0.0943. The fourth-order valence-corrected chi connectivity index (χ4v) is 2.54. The van der Waals surface area contributed by atoms with Crippen LogP contribution in [0.1, 0.15) is 18.9 Å². The number of likely N-dealkylation sites (tertiary alicyclic amines) is 1. The number of carbonyl (C=O) groups excluding carboxylic acids is 1. The van der Waals surface area contributed by atoms with Crippen molar-refractivity contribution < 1.29 is 19.8 Å². The van der Waals surface area contributed by atoms with E-state index in [0.29, 0.717) is 19.4 Å². The third-order valence-corrected chi connectivity index (χ3v) is 3.65. The van der Waals surface area contributed by atoms with Crippen molar-refractivity contribution in [1.29, 1.82) is 0 Å². The number of hydrogen-bond acceptors (Lipinski definition) is 3. The first kappa shape index (κ1) is 15.2. The van der Waals surface area contributed by atoms with E-state index in [1.807, 2.05) is 13.0 Å². The van der Waals surface area contributed by atoms with Gasteiger partial charge in [-0.15, -0.1) is 0 Å². The molecule has 2 atom stereocenters. The van der Waals surface area contributed by atoms with E-state index in [4.69, 9.17) is 5.11 Å². The Labute approximate surface area is 123 Å². The number of aliphatic carboxylic acids is 1. The van der Waals surface area contributed by atoms with Gasteiger partial charge in [0, 0.05) is 19.1 Å². The number of carbonyl (C=O) groups is 2. The molecule has 2 unspecified atom stereocenters. The average molecular weight is 292 g/mol. The molecule has 1 fully saturated rings. The van der Waals surface area contributed by atoms with Crippen LogP contribution in [0.3, 0.4) is 0 Å². The summed E-state index contributed by atoms with van der Waals surface area (Å²) in [4.78, 5) is 24.5. The topological polar surface area (TPSA) is 89.9 Å². The van der Waals surface area contributed by atoms with Crippen LogP contribution in [0.15, 0.2) is 24.3 Å². The SMILES string of the molecule is CC(Cc1cccc(O)c1)NC(=O)N1CCC(C(=O)O)C1. The Morgan fingerprint density at radius 2 is 2.24 bits per heavy atom. The lowest BCUT2D eigenvalue weighted by molar-refractivity contribution is -0.141. The number of phenols is 1. The minimum Gasteiger partial charge on any atom is -0.508 e. The zero-order valence-electron chi connectivity index (χ0n) is 12.0. The van der Waals surface area contributed by atoms with Crippen LogP contribution in [-0.4, -0.2) is 46.2 Å². The van der Waals surface area contributed by atoms with Gasteiger partial charge in [-0.2, -0.15) is 0 Å². The highest BCUT2D eigenvalue weighted by Gasteiger charge is 2.31. The van der Waals surface area contributed by atoms with Gasteiger partial charge in [-0.3, -0.25) is 4.79 Å². The van der Waals surface area contributed by atoms with Crippen LogP contribution in [-0.2, 0) is 11.2 Å². The first-order valence-corrected chi connectivity index (χ1v) is 7.02. The van der Waals surface area contributed by atoms with E-state index in [1.54, 1.807) is 18.2 Å². The molecule has 1 aliphatic rings. The molecule has 21 heavy (non-hydrogen) atoms. The predicted octanol–water partition coefficient (Wildman–Crippen LogP) is 1.44. The molecule has 1 heterocycles. The average Bonchev–Trinajstić information content (AvgIpc) is 2.88. The molecule has 1 aromatic rings. The molecule has 2 amide bonds. The summed E-state index contributed by atoms with van der Waals surface area (Å²) in [5.74, 6) is -1.11. The first-order chi connectivity index (χ1) is 9.95. The van der Waals surface area contributed by atoms with Gasteiger partial charge in [-0.05, 0) is 37.5 Å². The third-order valence-electron chi connectivity index (χ3n) is 3.65. The normalized spacial score (nSPS) is 19.3. The van der Waals surface area contributed by atoms with Gasteiger partial charge in [-0.25, -0.2) is 4.79 Å². The van der Waals surface area contributed by atoms with Gasteiger partial charge in [0.15, 0.2) is 0 Å². The molecule has 1 saturated heterocycles. The van der Waals surface area contributed by atoms with Crippen LogP contribution in [0.25, 0.3) is 0 Å². The van der Waals surface area contributed by atoms with Crippen molar-refractivity contribution in [2.24, 2.45) is 5.92 Å². The Kier molecular flexibility index (Phi) is 4.67. The largest absolute Gasteiger partial charge is 0.508 e. The molecule has 3 N–H and O–H groups in total. The van der Waals surface area contributed by atoms with Crippen molar-refractivity contribution in [3.63, 3.8) is 0 Å². The van der Waals surface area contributed by atoms with Crippen molar-refractivity contribution in [2.45, 2.75) is 25.8 Å². The number of nitrogens with one attached hydrogen (secondary N) is 1. The molecule has 0 spiro atoms. The van der Waals surface area contributed by atoms with Crippen LogP contribution in [0, 0.1) is 5.92 Å². The Morgan fingerprint density at radius 3 is 2.86 bits per heavy atom. The number of rotatable bonds is 4. The van der Waals surface area contributed by atoms with Gasteiger partial charge in [-0.1, -0.05) is 12.1 Å². The third kappa shape index (κ3) is 4.11. The number of carboxylic acid groups (broad SMARTS) is 1. The second-order valence-electron chi connectivity index (χ2n) is 5.49. The van der Waals surface area contributed by atoms with Gasteiger partial charge >= 0.3 is 12.0 Å². The Balaban J connectivity index is 1.84. The molecule has 2 rings (SSSR count). The highest BCUT2D eigenvalue weighted by Crippen LogP contribution is 2.17. The number of urea groups is 1. The van der Waals surface area contributed by atoms with Gasteiger partial charge in [0.25, 0.3) is 0 Å². The molecule has 1 aromatic carbocycles. The Bertz CT molecular complexity index is 532. The van der Waals surface area contributed by atoms with E-state index < -0.39 is 11.9 Å². The Hall–Kier alpha value is -2.24. The monoisotopic (exact) mass is 292 g/mol. The maximum Gasteiger partial charge on any atom is 0.317 e. The maximum absolute atomic E-state index is 12.1. The fraction of sp³-hybridized carbons (Fsp3) is 0.467. The quantitative estimate of drug-likeness (QED) is 0.783. The number of nitrogens with zero attached hydrogens (tertiary/aromatic N) is 1. The molecular formula is C15H20N2O4. The smallest absolute Gasteiger partial charge is 0.317 e. The van der Waals surface area contributed by atoms with Crippen LogP contribution in [0.2, 0.25) is 0 Å². The van der Waals surface area contributed by atoms with E-state index in [-0.39, 0.29) is 24.4 Å². The van der Waals surface area contributed by atoms with Crippen LogP contribution in [0.5, 0.6) is 5.75 Å². The predicted molar refractivity (Wildman–Crippen MR) is 77.1 cm³/mol. The van der Waals surface area contributed by atoms with Crippen molar-refractivity contribution in [2.75, 3.05) is 13.1 Å². The number of phenolic OH excluding ortho intramolecular Hbond substituents is 1. The summed E-state index contributed by atoms with van der Waals surface area (Å²) in [6, 6.07) is 6.59. The molecule has 0 saturated carbocycles. The van der Waals surface area contributed by atoms with Gasteiger partial charge < -0.3 is 20.4 Å². The summed E-state index contributed by atoms with van der Waals surface area (Å²) in [5.41, 5.74) is 0.938. The summed E-state index contributed by atoms with van der Waals surface area (Å²) in [5, 5.41) is 21.2. The molecule has 0 aromatic heterocycles. The number of aromatic hydroxyl groups is 1. The lowest BCUT2D eigenvalue weighted by Gasteiger charge is -2.20. The molecule has 0 bridgehead atoms. The van der Waals surface area contributed by atoms with Crippen molar-refractivity contribution >= 4 is 12.0 Å². The minimum atomic E-state index is -0.849. The second-order valence-corrected chi connectivity index (χ2v) is 5.49. The van der Waals surface area contributed by atoms with E-state index in [2.05, 4.69) is 5.32 Å². The highest BCUT2D eigenvalue weighted by atomic mass is 16.4. The summed E-state index contributed by atoms with van der Waals surface area (Å²) in [7, 11) is 0. The van der Waals surface area contributed by atoms with Crippen LogP contribution >= 0.6 is 0 Å². The van der Waals surface area contributed by atoms with Crippen LogP contribution in [0.4, 0.5) is 4.79 Å². The molecule has 114 valence electrons. The van der Waals surface area contributed by atoms with Gasteiger partial charge in [0.2, 0.25) is 0 Å². The maximum atomic E-state index is 12.1. The number of benzene rings is 1. The van der Waals surface area contributed by atoms with E-state index in [9.17, 15) is 14.7 Å². The molecule has 0 radical (unpaired) electrons. The number of hydrogen-bond donors (Lipinski definition) is 3. The molecular weight excluding hydrogens is 272 g/mol. The standard InChI is InChI=1S/C15H20N2O4/c1-10(7-11-3-2-4-13(18)8-11)16-15(21)17-6-5-12(9-17)14(19)20/h2-4,8,10,12,18H,5-7,9H2,1H3,(H,16,21)(H,19,20).